The van der Waals surface area contributed by atoms with E-state index < -0.39 is 0 Å². The first kappa shape index (κ1) is 13.0. The van der Waals surface area contributed by atoms with Gasteiger partial charge in [-0.25, -0.2) is 0 Å². The number of hydrogen-bond donors (Lipinski definition) is 2. The zero-order chi connectivity index (χ0) is 13.0. The molecule has 0 amide bonds. The molecule has 5 nitrogen and oxygen atoms in total. The highest BCUT2D eigenvalue weighted by Crippen LogP contribution is 2.23. The van der Waals surface area contributed by atoms with E-state index in [0.717, 1.165) is 15.7 Å². The third kappa shape index (κ3) is 3.27. The molecule has 0 saturated heterocycles. The van der Waals surface area contributed by atoms with Gasteiger partial charge < -0.3 is 15.6 Å². The predicted molar refractivity (Wildman–Crippen MR) is 76.5 cm³/mol. The van der Waals surface area contributed by atoms with Crippen LogP contribution in [0.5, 0.6) is 0 Å². The molecule has 0 bridgehead atoms. The van der Waals surface area contributed by atoms with Crippen LogP contribution in [0.1, 0.15) is 11.5 Å². The molecule has 7 heteroatoms. The van der Waals surface area contributed by atoms with Crippen LogP contribution < -0.4 is 11.1 Å². The molecule has 94 valence electrons. The molecule has 3 N–H and O–H groups in total. The summed E-state index contributed by atoms with van der Waals surface area (Å²) in [5, 5.41) is 6.80. The molecule has 0 unspecified atom stereocenters. The maximum absolute atomic E-state index is 5.56. The van der Waals surface area contributed by atoms with E-state index in [9.17, 15) is 0 Å². The van der Waals surface area contributed by atoms with Crippen molar-refractivity contribution < 1.29 is 4.52 Å². The van der Waals surface area contributed by atoms with Crippen LogP contribution in [-0.4, -0.2) is 21.7 Å². The van der Waals surface area contributed by atoms with E-state index in [4.69, 9.17) is 22.5 Å². The highest BCUT2D eigenvalue weighted by atomic mass is 79.9. The number of halogens is 1. The molecule has 18 heavy (non-hydrogen) atoms. The number of anilines is 1. The fourth-order valence-electron chi connectivity index (χ4n) is 1.42. The van der Waals surface area contributed by atoms with E-state index in [1.807, 2.05) is 18.2 Å². The maximum atomic E-state index is 5.56. The maximum Gasteiger partial charge on any atom is 0.228 e. The van der Waals surface area contributed by atoms with Crippen LogP contribution in [0.15, 0.2) is 33.5 Å². The number of benzene rings is 1. The van der Waals surface area contributed by atoms with Crippen molar-refractivity contribution >= 4 is 38.8 Å². The smallest absolute Gasteiger partial charge is 0.228 e. The number of nitrogens with zero attached hydrogens (tertiary/aromatic N) is 2. The summed E-state index contributed by atoms with van der Waals surface area (Å²) in [5.74, 6) is 0.610. The normalized spacial score (nSPS) is 10.3. The second kappa shape index (κ2) is 5.92. The van der Waals surface area contributed by atoms with E-state index in [1.165, 1.54) is 6.33 Å². The van der Waals surface area contributed by atoms with Crippen molar-refractivity contribution in [1.82, 2.24) is 10.1 Å². The van der Waals surface area contributed by atoms with Crippen molar-refractivity contribution in [2.75, 3.05) is 11.9 Å². The van der Waals surface area contributed by atoms with Crippen molar-refractivity contribution in [3.05, 3.63) is 40.5 Å². The van der Waals surface area contributed by atoms with Crippen LogP contribution in [0, 0.1) is 0 Å². The topological polar surface area (TPSA) is 77.0 Å². The SMILES string of the molecule is NC(=S)c1ccc(NCCc2ncno2)c(Br)c1. The summed E-state index contributed by atoms with van der Waals surface area (Å²) in [7, 11) is 0. The molecular weight excluding hydrogens is 316 g/mol. The molecular formula is C11H11BrN4OS. The Bertz CT molecular complexity index is 544. The van der Waals surface area contributed by atoms with Crippen LogP contribution >= 0.6 is 28.1 Å². The Hall–Kier alpha value is -1.47. The van der Waals surface area contributed by atoms with Gasteiger partial charge in [0.1, 0.15) is 4.99 Å². The summed E-state index contributed by atoms with van der Waals surface area (Å²) in [5.41, 5.74) is 7.36. The van der Waals surface area contributed by atoms with Gasteiger partial charge in [0.05, 0.1) is 0 Å². The highest BCUT2D eigenvalue weighted by molar-refractivity contribution is 9.10. The molecule has 0 spiro atoms. The van der Waals surface area contributed by atoms with Crippen molar-refractivity contribution in [1.29, 1.82) is 0 Å². The van der Waals surface area contributed by atoms with Crippen molar-refractivity contribution in [2.24, 2.45) is 5.73 Å². The largest absolute Gasteiger partial charge is 0.389 e. The molecule has 0 aliphatic heterocycles. The Morgan fingerprint density at radius 2 is 2.33 bits per heavy atom. The van der Waals surface area contributed by atoms with Crippen LogP contribution in [0.2, 0.25) is 0 Å². The van der Waals surface area contributed by atoms with Gasteiger partial charge in [0.15, 0.2) is 6.33 Å². The Morgan fingerprint density at radius 3 is 2.94 bits per heavy atom. The Labute approximate surface area is 118 Å². The zero-order valence-corrected chi connectivity index (χ0v) is 11.8. The number of nitrogens with one attached hydrogen (secondary N) is 1. The fourth-order valence-corrected chi connectivity index (χ4v) is 2.07. The van der Waals surface area contributed by atoms with Gasteiger partial charge in [0, 0.05) is 28.7 Å². The minimum Gasteiger partial charge on any atom is -0.389 e. The molecule has 1 aromatic heterocycles. The zero-order valence-electron chi connectivity index (χ0n) is 9.39. The third-order valence-electron chi connectivity index (χ3n) is 2.31. The van der Waals surface area contributed by atoms with Gasteiger partial charge >= 0.3 is 0 Å². The van der Waals surface area contributed by atoms with E-state index in [2.05, 4.69) is 31.4 Å². The Balaban J connectivity index is 1.95. The number of rotatable bonds is 5. The lowest BCUT2D eigenvalue weighted by molar-refractivity contribution is 0.380. The molecule has 0 aliphatic carbocycles. The highest BCUT2D eigenvalue weighted by Gasteiger charge is 2.04. The van der Waals surface area contributed by atoms with Crippen molar-refractivity contribution in [3.63, 3.8) is 0 Å². The van der Waals surface area contributed by atoms with E-state index in [0.29, 0.717) is 23.8 Å². The molecule has 2 rings (SSSR count). The summed E-state index contributed by atoms with van der Waals surface area (Å²) in [6, 6.07) is 5.69. The molecule has 2 aromatic rings. The van der Waals surface area contributed by atoms with Crippen molar-refractivity contribution in [2.45, 2.75) is 6.42 Å². The molecule has 0 atom stereocenters. The lowest BCUT2D eigenvalue weighted by Crippen LogP contribution is -2.10. The first-order chi connectivity index (χ1) is 8.66. The predicted octanol–water partition coefficient (Wildman–Crippen LogP) is 2.12. The first-order valence-corrected chi connectivity index (χ1v) is 6.45. The van der Waals surface area contributed by atoms with Gasteiger partial charge in [-0.2, -0.15) is 4.98 Å². The number of nitrogens with two attached hydrogens (primary N) is 1. The van der Waals surface area contributed by atoms with Crippen LogP contribution in [0.3, 0.4) is 0 Å². The summed E-state index contributed by atoms with van der Waals surface area (Å²) in [6.07, 6.45) is 2.06. The van der Waals surface area contributed by atoms with E-state index in [1.54, 1.807) is 0 Å². The van der Waals surface area contributed by atoms with Gasteiger partial charge in [-0.15, -0.1) is 0 Å². The molecule has 0 fully saturated rings. The Morgan fingerprint density at radius 1 is 1.50 bits per heavy atom. The average molecular weight is 327 g/mol. The quantitative estimate of drug-likeness (QED) is 0.819. The van der Waals surface area contributed by atoms with Crippen LogP contribution in [0.25, 0.3) is 0 Å². The second-order valence-electron chi connectivity index (χ2n) is 3.57. The number of hydrogen-bond acceptors (Lipinski definition) is 5. The van der Waals surface area contributed by atoms with Crippen LogP contribution in [-0.2, 0) is 6.42 Å². The van der Waals surface area contributed by atoms with Gasteiger partial charge in [-0.05, 0) is 34.1 Å². The molecule has 1 aromatic carbocycles. The van der Waals surface area contributed by atoms with Gasteiger partial charge in [-0.1, -0.05) is 17.4 Å². The molecule has 0 aliphatic rings. The first-order valence-electron chi connectivity index (χ1n) is 5.25. The average Bonchev–Trinajstić information content (AvgIpc) is 2.84. The Kier molecular flexibility index (Phi) is 4.27. The summed E-state index contributed by atoms with van der Waals surface area (Å²) >= 11 is 8.38. The number of aromatic nitrogens is 2. The molecule has 0 radical (unpaired) electrons. The van der Waals surface area contributed by atoms with Crippen LogP contribution in [0.4, 0.5) is 5.69 Å². The summed E-state index contributed by atoms with van der Waals surface area (Å²) < 4.78 is 5.82. The summed E-state index contributed by atoms with van der Waals surface area (Å²) in [4.78, 5) is 4.33. The van der Waals surface area contributed by atoms with Gasteiger partial charge in [0.25, 0.3) is 0 Å². The fraction of sp³-hybridized carbons (Fsp3) is 0.182. The lowest BCUT2D eigenvalue weighted by Gasteiger charge is -2.08. The third-order valence-corrected chi connectivity index (χ3v) is 3.21. The van der Waals surface area contributed by atoms with E-state index >= 15 is 0 Å². The van der Waals surface area contributed by atoms with Gasteiger partial charge in [0.2, 0.25) is 5.89 Å². The van der Waals surface area contributed by atoms with Gasteiger partial charge in [-0.3, -0.25) is 0 Å². The monoisotopic (exact) mass is 326 g/mol. The molecule has 0 saturated carbocycles. The minimum atomic E-state index is 0.383. The second-order valence-corrected chi connectivity index (χ2v) is 4.86. The number of thiocarbonyl (C=S) groups is 1. The van der Waals surface area contributed by atoms with E-state index in [-0.39, 0.29) is 0 Å². The standard InChI is InChI=1S/C11H11BrN4OS/c12-8-5-7(11(13)18)1-2-9(8)14-4-3-10-15-6-16-17-10/h1-2,5-6,14H,3-4H2,(H2,13,18). The summed E-state index contributed by atoms with van der Waals surface area (Å²) in [6.45, 7) is 0.702. The lowest BCUT2D eigenvalue weighted by atomic mass is 10.2. The minimum absolute atomic E-state index is 0.383. The molecule has 1 heterocycles. The van der Waals surface area contributed by atoms with Crippen molar-refractivity contribution in [3.8, 4) is 0 Å².